The minimum absolute atomic E-state index is 0.0815. The van der Waals surface area contributed by atoms with E-state index < -0.39 is 6.10 Å². The van der Waals surface area contributed by atoms with E-state index >= 15 is 0 Å². The number of hydrogen-bond donors (Lipinski definition) is 0. The molecule has 0 rings (SSSR count). The highest BCUT2D eigenvalue weighted by molar-refractivity contribution is 5.71. The van der Waals surface area contributed by atoms with Gasteiger partial charge in [0.15, 0.2) is 6.10 Å². The molecule has 0 N–H and O–H groups in total. The summed E-state index contributed by atoms with van der Waals surface area (Å²) in [5.41, 5.74) is 0. The van der Waals surface area contributed by atoms with E-state index in [0.29, 0.717) is 19.3 Å². The first-order valence-electron chi connectivity index (χ1n) is 28.8. The molecule has 0 aromatic heterocycles. The van der Waals surface area contributed by atoms with Gasteiger partial charge in [-0.3, -0.25) is 14.4 Å². The highest BCUT2D eigenvalue weighted by Gasteiger charge is 2.19. The average Bonchev–Trinajstić information content (AvgIpc) is 3.33. The van der Waals surface area contributed by atoms with E-state index in [2.05, 4.69) is 81.5 Å². The van der Waals surface area contributed by atoms with Crippen LogP contribution in [0.2, 0.25) is 0 Å². The van der Waals surface area contributed by atoms with Crippen molar-refractivity contribution >= 4 is 17.9 Å². The first-order valence-corrected chi connectivity index (χ1v) is 28.8. The highest BCUT2D eigenvalue weighted by Crippen LogP contribution is 2.15. The van der Waals surface area contributed by atoms with Gasteiger partial charge >= 0.3 is 17.9 Å². The summed E-state index contributed by atoms with van der Waals surface area (Å²) in [5.74, 6) is -0.897. The quantitative estimate of drug-likeness (QED) is 0.0262. The third kappa shape index (κ3) is 53.9. The van der Waals surface area contributed by atoms with Crippen molar-refractivity contribution in [3.05, 3.63) is 60.8 Å². The molecule has 0 aliphatic rings. The molecule has 0 heterocycles. The fourth-order valence-electron chi connectivity index (χ4n) is 8.09. The van der Waals surface area contributed by atoms with E-state index in [1.165, 1.54) is 154 Å². The van der Waals surface area contributed by atoms with Gasteiger partial charge in [-0.2, -0.15) is 0 Å². The second-order valence-electron chi connectivity index (χ2n) is 19.2. The zero-order valence-electron chi connectivity index (χ0n) is 44.4. The fraction of sp³-hybridized carbons (Fsp3) is 0.787. The molecule has 0 spiro atoms. The van der Waals surface area contributed by atoms with Gasteiger partial charge in [0.1, 0.15) is 13.2 Å². The summed E-state index contributed by atoms with van der Waals surface area (Å²) in [4.78, 5) is 38.0. The molecular formula is C61H108O6. The summed E-state index contributed by atoms with van der Waals surface area (Å²) in [6, 6.07) is 0. The first-order chi connectivity index (χ1) is 33.0. The summed E-state index contributed by atoms with van der Waals surface area (Å²) in [7, 11) is 0. The molecule has 0 amide bonds. The molecule has 0 aliphatic heterocycles. The zero-order chi connectivity index (χ0) is 48.6. The summed E-state index contributed by atoms with van der Waals surface area (Å²) >= 11 is 0. The SMILES string of the molecule is CCC/C=C\CCCCCCCC(=O)OCC(COC(=O)CCCCCCCCCCCC/C=C\C/C=C\C/C=C\CCCCCCC)OC(=O)CCCCCCC/C=C\CCCCCCC. The van der Waals surface area contributed by atoms with E-state index in [-0.39, 0.29) is 31.1 Å². The number of carbonyl (C=O) groups excluding carboxylic acids is 3. The number of unbranched alkanes of at least 4 members (excludes halogenated alkanes) is 31. The van der Waals surface area contributed by atoms with Crippen LogP contribution in [-0.4, -0.2) is 37.2 Å². The zero-order valence-corrected chi connectivity index (χ0v) is 44.4. The molecule has 0 aliphatic carbocycles. The Bertz CT molecular complexity index is 1210. The summed E-state index contributed by atoms with van der Waals surface area (Å²) in [5, 5.41) is 0. The van der Waals surface area contributed by atoms with Crippen LogP contribution in [0, 0.1) is 0 Å². The highest BCUT2D eigenvalue weighted by atomic mass is 16.6. The predicted octanol–water partition coefficient (Wildman–Crippen LogP) is 19.2. The van der Waals surface area contributed by atoms with Crippen molar-refractivity contribution in [2.75, 3.05) is 13.2 Å². The Morgan fingerprint density at radius 3 is 0.910 bits per heavy atom. The van der Waals surface area contributed by atoms with E-state index in [0.717, 1.165) is 96.3 Å². The Hall–Kier alpha value is -2.89. The Morgan fingerprint density at radius 1 is 0.299 bits per heavy atom. The third-order valence-electron chi connectivity index (χ3n) is 12.4. The minimum atomic E-state index is -0.782. The molecule has 0 bridgehead atoms. The lowest BCUT2D eigenvalue weighted by Gasteiger charge is -2.18. The van der Waals surface area contributed by atoms with Crippen molar-refractivity contribution in [3.63, 3.8) is 0 Å². The largest absolute Gasteiger partial charge is 0.462 e. The average molecular weight is 938 g/mol. The van der Waals surface area contributed by atoms with Gasteiger partial charge in [0, 0.05) is 19.3 Å². The van der Waals surface area contributed by atoms with Crippen molar-refractivity contribution in [2.45, 2.75) is 297 Å². The van der Waals surface area contributed by atoms with Crippen LogP contribution in [0.4, 0.5) is 0 Å². The molecular weight excluding hydrogens is 829 g/mol. The van der Waals surface area contributed by atoms with Gasteiger partial charge in [-0.1, -0.05) is 229 Å². The number of ether oxygens (including phenoxy) is 3. The molecule has 6 heteroatoms. The molecule has 0 radical (unpaired) electrons. The predicted molar refractivity (Wildman–Crippen MR) is 288 cm³/mol. The van der Waals surface area contributed by atoms with E-state index in [1.807, 2.05) is 0 Å². The summed E-state index contributed by atoms with van der Waals surface area (Å²) in [6.07, 6.45) is 69.3. The maximum atomic E-state index is 12.8. The van der Waals surface area contributed by atoms with Crippen molar-refractivity contribution in [2.24, 2.45) is 0 Å². The van der Waals surface area contributed by atoms with Gasteiger partial charge < -0.3 is 14.2 Å². The van der Waals surface area contributed by atoms with Crippen LogP contribution in [0.1, 0.15) is 290 Å². The van der Waals surface area contributed by atoms with E-state index in [1.54, 1.807) is 0 Å². The summed E-state index contributed by atoms with van der Waals surface area (Å²) in [6.45, 7) is 6.56. The molecule has 1 unspecified atom stereocenters. The van der Waals surface area contributed by atoms with Gasteiger partial charge in [0.2, 0.25) is 0 Å². The van der Waals surface area contributed by atoms with Gasteiger partial charge in [-0.05, 0) is 103 Å². The molecule has 0 aromatic carbocycles. The number of allylic oxidation sites excluding steroid dienone is 10. The van der Waals surface area contributed by atoms with Crippen molar-refractivity contribution in [1.29, 1.82) is 0 Å². The summed E-state index contributed by atoms with van der Waals surface area (Å²) < 4.78 is 16.8. The van der Waals surface area contributed by atoms with Crippen LogP contribution in [0.15, 0.2) is 60.8 Å². The maximum absolute atomic E-state index is 12.8. The maximum Gasteiger partial charge on any atom is 0.306 e. The molecule has 1 atom stereocenters. The Balaban J connectivity index is 4.24. The Morgan fingerprint density at radius 2 is 0.567 bits per heavy atom. The second kappa shape index (κ2) is 55.7. The van der Waals surface area contributed by atoms with Crippen LogP contribution in [0.25, 0.3) is 0 Å². The van der Waals surface area contributed by atoms with Crippen molar-refractivity contribution in [1.82, 2.24) is 0 Å². The second-order valence-corrected chi connectivity index (χ2v) is 19.2. The van der Waals surface area contributed by atoms with Crippen LogP contribution in [-0.2, 0) is 28.6 Å². The standard InChI is InChI=1S/C61H108O6/c1-4-7-10-13-16-19-22-24-26-27-28-29-30-31-32-33-34-35-36-38-39-42-45-48-51-54-60(63)66-57-58(56-65-59(62)53-50-47-44-41-21-18-15-12-9-6-3)67-61(64)55-52-49-46-43-40-37-25-23-20-17-14-11-8-5-2/h12,15,22-25,27-28,30-31,58H,4-11,13-14,16-21,26,29,32-57H2,1-3H3/b15-12-,24-22-,25-23-,28-27-,31-30-. The topological polar surface area (TPSA) is 78.9 Å². The number of rotatable bonds is 52. The van der Waals surface area contributed by atoms with Gasteiger partial charge in [-0.15, -0.1) is 0 Å². The van der Waals surface area contributed by atoms with Crippen LogP contribution < -0.4 is 0 Å². The molecule has 6 nitrogen and oxygen atoms in total. The third-order valence-corrected chi connectivity index (χ3v) is 12.4. The lowest BCUT2D eigenvalue weighted by Crippen LogP contribution is -2.30. The molecule has 388 valence electrons. The molecule has 0 saturated heterocycles. The van der Waals surface area contributed by atoms with Gasteiger partial charge in [-0.25, -0.2) is 0 Å². The molecule has 67 heavy (non-hydrogen) atoms. The van der Waals surface area contributed by atoms with E-state index in [9.17, 15) is 14.4 Å². The minimum Gasteiger partial charge on any atom is -0.462 e. The molecule has 0 fully saturated rings. The lowest BCUT2D eigenvalue weighted by atomic mass is 10.1. The number of carbonyl (C=O) groups is 3. The van der Waals surface area contributed by atoms with Gasteiger partial charge in [0.25, 0.3) is 0 Å². The van der Waals surface area contributed by atoms with Crippen molar-refractivity contribution in [3.8, 4) is 0 Å². The Kier molecular flexibility index (Phi) is 53.3. The number of hydrogen-bond acceptors (Lipinski definition) is 6. The van der Waals surface area contributed by atoms with Crippen LogP contribution in [0.5, 0.6) is 0 Å². The van der Waals surface area contributed by atoms with Gasteiger partial charge in [0.05, 0.1) is 0 Å². The fourth-order valence-corrected chi connectivity index (χ4v) is 8.09. The molecule has 0 aromatic rings. The lowest BCUT2D eigenvalue weighted by molar-refractivity contribution is -0.167. The van der Waals surface area contributed by atoms with Crippen LogP contribution in [0.3, 0.4) is 0 Å². The smallest absolute Gasteiger partial charge is 0.306 e. The van der Waals surface area contributed by atoms with E-state index in [4.69, 9.17) is 14.2 Å². The van der Waals surface area contributed by atoms with Crippen molar-refractivity contribution < 1.29 is 28.6 Å². The monoisotopic (exact) mass is 937 g/mol. The van der Waals surface area contributed by atoms with Crippen LogP contribution >= 0.6 is 0 Å². The normalized spacial score (nSPS) is 12.5. The molecule has 0 saturated carbocycles. The first kappa shape index (κ1) is 64.1. The Labute approximate surface area is 415 Å². The number of esters is 3.